The molecule has 0 unspecified atom stereocenters. The van der Waals surface area contributed by atoms with Crippen molar-refractivity contribution in [2.75, 3.05) is 12.4 Å². The molecule has 2 rings (SSSR count). The summed E-state index contributed by atoms with van der Waals surface area (Å²) in [6.45, 7) is 2.82. The fraction of sp³-hybridized carbons (Fsp3) is 0.273. The number of hydrogen-bond donors (Lipinski definition) is 1. The zero-order valence-electron chi connectivity index (χ0n) is 8.94. The molecule has 0 radical (unpaired) electrons. The van der Waals surface area contributed by atoms with Gasteiger partial charge in [-0.1, -0.05) is 6.07 Å². The van der Waals surface area contributed by atoms with Gasteiger partial charge in [0.15, 0.2) is 0 Å². The quantitative estimate of drug-likeness (QED) is 0.823. The molecule has 2 aromatic rings. The Morgan fingerprint density at radius 1 is 1.33 bits per heavy atom. The molecule has 2 heterocycles. The van der Waals surface area contributed by atoms with Crippen LogP contribution in [0.1, 0.15) is 11.3 Å². The Kier molecular flexibility index (Phi) is 2.67. The highest BCUT2D eigenvalue weighted by Crippen LogP contribution is 2.09. The topological polar surface area (TPSA) is 42.7 Å². The Labute approximate surface area is 89.0 Å². The lowest BCUT2D eigenvalue weighted by Gasteiger charge is -2.08. The summed E-state index contributed by atoms with van der Waals surface area (Å²) >= 11 is 0. The number of imidazole rings is 1. The lowest BCUT2D eigenvalue weighted by atomic mass is 10.2. The maximum Gasteiger partial charge on any atom is 0.202 e. The van der Waals surface area contributed by atoms with E-state index in [0.717, 1.165) is 18.2 Å². The van der Waals surface area contributed by atoms with Crippen LogP contribution in [0.25, 0.3) is 0 Å². The molecule has 0 spiro atoms. The number of nitrogens with zero attached hydrogens (tertiary/aromatic N) is 3. The molecule has 4 nitrogen and oxygen atoms in total. The summed E-state index contributed by atoms with van der Waals surface area (Å²) < 4.78 is 2.04. The summed E-state index contributed by atoms with van der Waals surface area (Å²) in [6, 6.07) is 4.02. The Morgan fingerprint density at radius 2 is 2.20 bits per heavy atom. The van der Waals surface area contributed by atoms with Crippen molar-refractivity contribution in [1.82, 2.24) is 14.5 Å². The molecule has 0 aliphatic rings. The third-order valence-electron chi connectivity index (χ3n) is 2.38. The van der Waals surface area contributed by atoms with E-state index in [2.05, 4.69) is 28.3 Å². The minimum Gasteiger partial charge on any atom is -0.359 e. The van der Waals surface area contributed by atoms with Crippen molar-refractivity contribution in [3.63, 3.8) is 0 Å². The molecule has 0 fully saturated rings. The Morgan fingerprint density at radius 3 is 2.93 bits per heavy atom. The number of hydrogen-bond acceptors (Lipinski definition) is 3. The van der Waals surface area contributed by atoms with Gasteiger partial charge in [0.25, 0.3) is 0 Å². The first-order valence-corrected chi connectivity index (χ1v) is 4.90. The Hall–Kier alpha value is -1.84. The summed E-state index contributed by atoms with van der Waals surface area (Å²) in [4.78, 5) is 8.54. The van der Waals surface area contributed by atoms with E-state index in [0.29, 0.717) is 0 Å². The van der Waals surface area contributed by atoms with E-state index in [1.54, 1.807) is 6.20 Å². The molecule has 0 saturated heterocycles. The van der Waals surface area contributed by atoms with E-state index < -0.39 is 0 Å². The van der Waals surface area contributed by atoms with Crippen LogP contribution >= 0.6 is 0 Å². The van der Waals surface area contributed by atoms with Gasteiger partial charge in [0, 0.05) is 25.6 Å². The molecule has 0 aromatic carbocycles. The van der Waals surface area contributed by atoms with Crippen molar-refractivity contribution in [3.8, 4) is 0 Å². The van der Waals surface area contributed by atoms with Gasteiger partial charge in [0.1, 0.15) is 0 Å². The predicted molar refractivity (Wildman–Crippen MR) is 59.8 cm³/mol. The number of aryl methyl sites for hydroxylation is 1. The monoisotopic (exact) mass is 202 g/mol. The van der Waals surface area contributed by atoms with Crippen LogP contribution in [0.15, 0.2) is 30.7 Å². The molecule has 0 aliphatic carbocycles. The third kappa shape index (κ3) is 1.98. The molecule has 15 heavy (non-hydrogen) atoms. The summed E-state index contributed by atoms with van der Waals surface area (Å²) in [5, 5.41) is 3.04. The summed E-state index contributed by atoms with van der Waals surface area (Å²) in [7, 11) is 1.87. The smallest absolute Gasteiger partial charge is 0.202 e. The zero-order valence-corrected chi connectivity index (χ0v) is 8.94. The molecule has 2 aromatic heterocycles. The van der Waals surface area contributed by atoms with Crippen LogP contribution < -0.4 is 5.32 Å². The Balaban J connectivity index is 2.26. The van der Waals surface area contributed by atoms with E-state index in [4.69, 9.17) is 0 Å². The molecule has 1 N–H and O–H groups in total. The lowest BCUT2D eigenvalue weighted by Crippen LogP contribution is -2.06. The number of pyridine rings is 1. The predicted octanol–water partition coefficient (Wildman–Crippen LogP) is 1.68. The van der Waals surface area contributed by atoms with Crippen molar-refractivity contribution in [3.05, 3.63) is 42.0 Å². The molecule has 0 atom stereocenters. The highest BCUT2D eigenvalue weighted by molar-refractivity contribution is 5.27. The second-order valence-corrected chi connectivity index (χ2v) is 3.40. The van der Waals surface area contributed by atoms with Gasteiger partial charge in [-0.3, -0.25) is 4.98 Å². The van der Waals surface area contributed by atoms with E-state index in [1.807, 2.05) is 30.1 Å². The molecule has 4 heteroatoms. The first-order valence-electron chi connectivity index (χ1n) is 4.90. The standard InChI is InChI=1S/C11H14N4/c1-9-4-3-5-13-10(9)8-15-7-6-14-11(15)12-2/h3-7H,8H2,1-2H3,(H,12,14). The van der Waals surface area contributed by atoms with Crippen LogP contribution in [-0.2, 0) is 6.54 Å². The highest BCUT2D eigenvalue weighted by Gasteiger charge is 2.03. The largest absolute Gasteiger partial charge is 0.359 e. The molecule has 0 saturated carbocycles. The molecule has 78 valence electrons. The molecule has 0 bridgehead atoms. The maximum atomic E-state index is 4.35. The molecular weight excluding hydrogens is 188 g/mol. The van der Waals surface area contributed by atoms with Gasteiger partial charge in [0.2, 0.25) is 5.95 Å². The first kappa shape index (κ1) is 9.71. The van der Waals surface area contributed by atoms with Gasteiger partial charge in [0.05, 0.1) is 12.2 Å². The van der Waals surface area contributed by atoms with Crippen LogP contribution in [0.3, 0.4) is 0 Å². The van der Waals surface area contributed by atoms with Crippen molar-refractivity contribution >= 4 is 5.95 Å². The van der Waals surface area contributed by atoms with Crippen LogP contribution in [0.2, 0.25) is 0 Å². The van der Waals surface area contributed by atoms with Gasteiger partial charge in [-0.15, -0.1) is 0 Å². The first-order chi connectivity index (χ1) is 7.31. The zero-order chi connectivity index (χ0) is 10.7. The molecule has 0 amide bonds. The van der Waals surface area contributed by atoms with E-state index in [-0.39, 0.29) is 0 Å². The second-order valence-electron chi connectivity index (χ2n) is 3.40. The van der Waals surface area contributed by atoms with E-state index in [1.165, 1.54) is 5.56 Å². The van der Waals surface area contributed by atoms with Crippen molar-refractivity contribution in [2.45, 2.75) is 13.5 Å². The Bertz CT molecular complexity index is 447. The van der Waals surface area contributed by atoms with Crippen LogP contribution in [0, 0.1) is 6.92 Å². The number of rotatable bonds is 3. The van der Waals surface area contributed by atoms with E-state index >= 15 is 0 Å². The summed E-state index contributed by atoms with van der Waals surface area (Å²) in [6.07, 6.45) is 5.54. The van der Waals surface area contributed by atoms with E-state index in [9.17, 15) is 0 Å². The molecule has 0 aliphatic heterocycles. The average Bonchev–Trinajstić information content (AvgIpc) is 2.69. The fourth-order valence-corrected chi connectivity index (χ4v) is 1.51. The van der Waals surface area contributed by atoms with Crippen LogP contribution in [-0.4, -0.2) is 21.6 Å². The van der Waals surface area contributed by atoms with Gasteiger partial charge in [-0.25, -0.2) is 4.98 Å². The number of aromatic nitrogens is 3. The van der Waals surface area contributed by atoms with Crippen LogP contribution in [0.4, 0.5) is 5.95 Å². The number of anilines is 1. The van der Waals surface area contributed by atoms with Crippen molar-refractivity contribution < 1.29 is 0 Å². The van der Waals surface area contributed by atoms with Crippen molar-refractivity contribution in [1.29, 1.82) is 0 Å². The van der Waals surface area contributed by atoms with Gasteiger partial charge >= 0.3 is 0 Å². The summed E-state index contributed by atoms with van der Waals surface area (Å²) in [5.41, 5.74) is 2.28. The van der Waals surface area contributed by atoms with Gasteiger partial charge in [-0.2, -0.15) is 0 Å². The fourth-order valence-electron chi connectivity index (χ4n) is 1.51. The van der Waals surface area contributed by atoms with Gasteiger partial charge < -0.3 is 9.88 Å². The minimum atomic E-state index is 0.753. The van der Waals surface area contributed by atoms with Crippen LogP contribution in [0.5, 0.6) is 0 Å². The third-order valence-corrected chi connectivity index (χ3v) is 2.38. The average molecular weight is 202 g/mol. The number of nitrogens with one attached hydrogen (secondary N) is 1. The maximum absolute atomic E-state index is 4.35. The molecular formula is C11H14N4. The lowest BCUT2D eigenvalue weighted by molar-refractivity contribution is 0.774. The van der Waals surface area contributed by atoms with Gasteiger partial charge in [-0.05, 0) is 18.6 Å². The minimum absolute atomic E-state index is 0.753. The highest BCUT2D eigenvalue weighted by atomic mass is 15.2. The SMILES string of the molecule is CNc1nccn1Cc1ncccc1C. The normalized spacial score (nSPS) is 10.3. The van der Waals surface area contributed by atoms with Crippen molar-refractivity contribution in [2.24, 2.45) is 0 Å². The second kappa shape index (κ2) is 4.13. The summed E-state index contributed by atoms with van der Waals surface area (Å²) in [5.74, 6) is 0.861.